The van der Waals surface area contributed by atoms with Crippen LogP contribution in [0, 0.1) is 6.92 Å². The minimum absolute atomic E-state index is 0.0963. The highest BCUT2D eigenvalue weighted by molar-refractivity contribution is 5.90. The van der Waals surface area contributed by atoms with E-state index in [0.717, 1.165) is 6.42 Å². The zero-order valence-corrected chi connectivity index (χ0v) is 8.03. The smallest absolute Gasteiger partial charge is 0.293 e. The molecule has 0 spiro atoms. The molecule has 0 aliphatic carbocycles. The molecule has 1 amide bonds. The predicted molar refractivity (Wildman–Crippen MR) is 49.6 cm³/mol. The number of rotatable bonds is 1. The average molecular weight is 195 g/mol. The van der Waals surface area contributed by atoms with Gasteiger partial charge in [0.25, 0.3) is 5.91 Å². The molecule has 1 fully saturated rings. The largest absolute Gasteiger partial charge is 0.334 e. The van der Waals surface area contributed by atoms with Crippen LogP contribution in [0.4, 0.5) is 0 Å². The molecule has 0 unspecified atom stereocenters. The van der Waals surface area contributed by atoms with Crippen LogP contribution in [0.15, 0.2) is 0 Å². The summed E-state index contributed by atoms with van der Waals surface area (Å²) in [6, 6.07) is 0.0963. The van der Waals surface area contributed by atoms with Gasteiger partial charge in [0.15, 0.2) is 0 Å². The second kappa shape index (κ2) is 3.38. The van der Waals surface area contributed by atoms with Crippen LogP contribution in [-0.2, 0) is 0 Å². The molecule has 2 rings (SSSR count). The highest BCUT2D eigenvalue weighted by atomic mass is 16.2. The fraction of sp³-hybridized carbons (Fsp3) is 0.625. The van der Waals surface area contributed by atoms with Gasteiger partial charge in [-0.25, -0.2) is 4.98 Å². The SMILES string of the molecule is Cc1nc(C(=O)N2CC[C@H](N)C2)n[nH]1. The van der Waals surface area contributed by atoms with Crippen LogP contribution in [-0.4, -0.2) is 45.1 Å². The van der Waals surface area contributed by atoms with Gasteiger partial charge in [0, 0.05) is 19.1 Å². The summed E-state index contributed by atoms with van der Waals surface area (Å²) in [5.74, 6) is 0.746. The van der Waals surface area contributed by atoms with Crippen molar-refractivity contribution in [3.05, 3.63) is 11.6 Å². The van der Waals surface area contributed by atoms with Gasteiger partial charge in [-0.3, -0.25) is 9.89 Å². The van der Waals surface area contributed by atoms with Gasteiger partial charge < -0.3 is 10.6 Å². The average Bonchev–Trinajstić information content (AvgIpc) is 2.73. The van der Waals surface area contributed by atoms with Gasteiger partial charge in [0.05, 0.1) is 0 Å². The Hall–Kier alpha value is -1.43. The molecular weight excluding hydrogens is 182 g/mol. The molecule has 14 heavy (non-hydrogen) atoms. The zero-order chi connectivity index (χ0) is 10.1. The number of amides is 1. The number of likely N-dealkylation sites (tertiary alicyclic amines) is 1. The van der Waals surface area contributed by atoms with Crippen molar-refractivity contribution in [1.82, 2.24) is 20.1 Å². The fourth-order valence-corrected chi connectivity index (χ4v) is 1.55. The Bertz CT molecular complexity index is 347. The molecule has 2 heterocycles. The monoisotopic (exact) mass is 195 g/mol. The van der Waals surface area contributed by atoms with Crippen molar-refractivity contribution in [3.8, 4) is 0 Å². The third-order valence-corrected chi connectivity index (χ3v) is 2.30. The van der Waals surface area contributed by atoms with Crippen LogP contribution in [0.5, 0.6) is 0 Å². The molecule has 6 nitrogen and oxygen atoms in total. The molecule has 1 aliphatic heterocycles. The lowest BCUT2D eigenvalue weighted by Gasteiger charge is -2.12. The summed E-state index contributed by atoms with van der Waals surface area (Å²) >= 11 is 0. The second-order valence-corrected chi connectivity index (χ2v) is 3.54. The highest BCUT2D eigenvalue weighted by Gasteiger charge is 2.26. The van der Waals surface area contributed by atoms with Crippen LogP contribution in [0.2, 0.25) is 0 Å². The maximum Gasteiger partial charge on any atom is 0.293 e. The number of carbonyl (C=O) groups excluding carboxylic acids is 1. The Labute approximate surface area is 81.5 Å². The van der Waals surface area contributed by atoms with E-state index in [1.165, 1.54) is 0 Å². The van der Waals surface area contributed by atoms with E-state index in [9.17, 15) is 4.79 Å². The van der Waals surface area contributed by atoms with E-state index < -0.39 is 0 Å². The molecular formula is C8H13N5O. The predicted octanol–water partition coefficient (Wildman–Crippen LogP) is -0.714. The number of hydrogen-bond acceptors (Lipinski definition) is 4. The van der Waals surface area contributed by atoms with E-state index in [1.54, 1.807) is 11.8 Å². The van der Waals surface area contributed by atoms with Crippen molar-refractivity contribution >= 4 is 5.91 Å². The summed E-state index contributed by atoms with van der Waals surface area (Å²) in [5.41, 5.74) is 5.70. The van der Waals surface area contributed by atoms with Gasteiger partial charge in [-0.05, 0) is 13.3 Å². The van der Waals surface area contributed by atoms with Crippen molar-refractivity contribution < 1.29 is 4.79 Å². The molecule has 1 atom stereocenters. The lowest BCUT2D eigenvalue weighted by molar-refractivity contribution is 0.0779. The summed E-state index contributed by atoms with van der Waals surface area (Å²) < 4.78 is 0. The lowest BCUT2D eigenvalue weighted by atomic mass is 10.3. The Morgan fingerprint density at radius 1 is 1.71 bits per heavy atom. The lowest BCUT2D eigenvalue weighted by Crippen LogP contribution is -2.32. The highest BCUT2D eigenvalue weighted by Crippen LogP contribution is 2.09. The number of aryl methyl sites for hydroxylation is 1. The first-order valence-corrected chi connectivity index (χ1v) is 4.60. The number of H-pyrrole nitrogens is 1. The first-order chi connectivity index (χ1) is 6.66. The molecule has 0 radical (unpaired) electrons. The Balaban J connectivity index is 2.09. The number of nitrogens with zero attached hydrogens (tertiary/aromatic N) is 3. The number of hydrogen-bond donors (Lipinski definition) is 2. The van der Waals surface area contributed by atoms with Crippen molar-refractivity contribution in [2.75, 3.05) is 13.1 Å². The maximum absolute atomic E-state index is 11.7. The van der Waals surface area contributed by atoms with Gasteiger partial charge in [0.1, 0.15) is 5.82 Å². The van der Waals surface area contributed by atoms with Gasteiger partial charge in [-0.2, -0.15) is 0 Å². The van der Waals surface area contributed by atoms with E-state index in [-0.39, 0.29) is 17.8 Å². The van der Waals surface area contributed by atoms with Crippen molar-refractivity contribution in [2.24, 2.45) is 5.73 Å². The Kier molecular flexibility index (Phi) is 2.20. The molecule has 0 aromatic carbocycles. The van der Waals surface area contributed by atoms with Gasteiger partial charge >= 0.3 is 0 Å². The molecule has 0 saturated carbocycles. The third-order valence-electron chi connectivity index (χ3n) is 2.30. The van der Waals surface area contributed by atoms with E-state index in [1.807, 2.05) is 0 Å². The molecule has 1 aromatic rings. The Morgan fingerprint density at radius 2 is 2.50 bits per heavy atom. The van der Waals surface area contributed by atoms with Crippen molar-refractivity contribution in [1.29, 1.82) is 0 Å². The summed E-state index contributed by atoms with van der Waals surface area (Å²) in [6.45, 7) is 3.07. The summed E-state index contributed by atoms with van der Waals surface area (Å²) in [4.78, 5) is 17.4. The quantitative estimate of drug-likeness (QED) is 0.619. The number of aromatic nitrogens is 3. The van der Waals surface area contributed by atoms with E-state index in [2.05, 4.69) is 15.2 Å². The van der Waals surface area contributed by atoms with Gasteiger partial charge in [-0.1, -0.05) is 0 Å². The molecule has 1 aliphatic rings. The van der Waals surface area contributed by atoms with E-state index >= 15 is 0 Å². The molecule has 0 bridgehead atoms. The van der Waals surface area contributed by atoms with Crippen molar-refractivity contribution in [3.63, 3.8) is 0 Å². The minimum Gasteiger partial charge on any atom is -0.334 e. The van der Waals surface area contributed by atoms with Crippen LogP contribution in [0.25, 0.3) is 0 Å². The standard InChI is InChI=1S/C8H13N5O/c1-5-10-7(12-11-5)8(14)13-3-2-6(9)4-13/h6H,2-4,9H2,1H3,(H,10,11,12)/t6-/m0/s1. The first-order valence-electron chi connectivity index (χ1n) is 4.60. The zero-order valence-electron chi connectivity index (χ0n) is 8.03. The second-order valence-electron chi connectivity index (χ2n) is 3.54. The summed E-state index contributed by atoms with van der Waals surface area (Å²) in [7, 11) is 0. The van der Waals surface area contributed by atoms with Crippen molar-refractivity contribution in [2.45, 2.75) is 19.4 Å². The number of aromatic amines is 1. The first kappa shape index (κ1) is 9.14. The van der Waals surface area contributed by atoms with Gasteiger partial charge in [0.2, 0.25) is 5.82 Å². The van der Waals surface area contributed by atoms with Crippen LogP contribution >= 0.6 is 0 Å². The molecule has 1 aromatic heterocycles. The van der Waals surface area contributed by atoms with Crippen LogP contribution in [0.1, 0.15) is 22.9 Å². The normalized spacial score (nSPS) is 21.6. The Morgan fingerprint density at radius 3 is 3.00 bits per heavy atom. The number of nitrogens with one attached hydrogen (secondary N) is 1. The summed E-state index contributed by atoms with van der Waals surface area (Å²) in [6.07, 6.45) is 0.856. The van der Waals surface area contributed by atoms with Crippen LogP contribution < -0.4 is 5.73 Å². The topological polar surface area (TPSA) is 87.9 Å². The van der Waals surface area contributed by atoms with E-state index in [0.29, 0.717) is 18.9 Å². The molecule has 3 N–H and O–H groups in total. The molecule has 76 valence electrons. The molecule has 1 saturated heterocycles. The van der Waals surface area contributed by atoms with Gasteiger partial charge in [-0.15, -0.1) is 5.10 Å². The maximum atomic E-state index is 11.7. The van der Waals surface area contributed by atoms with Crippen LogP contribution in [0.3, 0.4) is 0 Å². The number of nitrogens with two attached hydrogens (primary N) is 1. The fourth-order valence-electron chi connectivity index (χ4n) is 1.55. The number of carbonyl (C=O) groups is 1. The summed E-state index contributed by atoms with van der Waals surface area (Å²) in [5, 5.41) is 6.46. The third kappa shape index (κ3) is 1.60. The molecule has 6 heteroatoms. The minimum atomic E-state index is -0.137. The van der Waals surface area contributed by atoms with E-state index in [4.69, 9.17) is 5.73 Å².